The highest BCUT2D eigenvalue weighted by Gasteiger charge is 2.14. The largest absolute Gasteiger partial charge is 0.349 e. The molecule has 1 unspecified atom stereocenters. The third-order valence-electron chi connectivity index (χ3n) is 3.57. The lowest BCUT2D eigenvalue weighted by Gasteiger charge is -2.14. The number of hydrogen-bond donors (Lipinski definition) is 2. The monoisotopic (exact) mass is 334 g/mol. The zero-order valence-corrected chi connectivity index (χ0v) is 14.8. The Hall–Kier alpha value is -1.30. The number of hydrogen-bond acceptors (Lipinski definition) is 4. The van der Waals surface area contributed by atoms with Crippen molar-refractivity contribution in [2.45, 2.75) is 30.7 Å². The van der Waals surface area contributed by atoms with Gasteiger partial charge in [-0.05, 0) is 34.7 Å². The van der Waals surface area contributed by atoms with Crippen molar-refractivity contribution >= 4 is 29.0 Å². The molecular formula is C17H22N2OS2. The molecule has 0 fully saturated rings. The summed E-state index contributed by atoms with van der Waals surface area (Å²) in [6.07, 6.45) is 1.97. The number of carbonyl (C=O) groups excluding carboxylic acids is 1. The molecule has 2 aromatic rings. The van der Waals surface area contributed by atoms with Crippen LogP contribution in [0.25, 0.3) is 0 Å². The number of amides is 1. The molecule has 0 aliphatic rings. The number of benzene rings is 1. The van der Waals surface area contributed by atoms with Crippen molar-refractivity contribution < 1.29 is 4.79 Å². The summed E-state index contributed by atoms with van der Waals surface area (Å²) < 4.78 is 0. The first-order valence-corrected chi connectivity index (χ1v) is 9.38. The highest BCUT2D eigenvalue weighted by molar-refractivity contribution is 7.98. The van der Waals surface area contributed by atoms with Gasteiger partial charge in [-0.1, -0.05) is 38.1 Å². The Morgan fingerprint density at radius 2 is 1.86 bits per heavy atom. The van der Waals surface area contributed by atoms with E-state index in [1.54, 1.807) is 11.8 Å². The molecule has 0 saturated carbocycles. The predicted octanol–water partition coefficient (Wildman–Crippen LogP) is 4.02. The fraction of sp³-hybridized carbons (Fsp3) is 0.353. The van der Waals surface area contributed by atoms with Gasteiger partial charge in [-0.3, -0.25) is 4.79 Å². The Morgan fingerprint density at radius 1 is 1.23 bits per heavy atom. The van der Waals surface area contributed by atoms with Crippen LogP contribution in [0, 0.1) is 0 Å². The first-order chi connectivity index (χ1) is 10.5. The van der Waals surface area contributed by atoms with Gasteiger partial charge in [0.1, 0.15) is 4.88 Å². The first-order valence-electron chi connectivity index (χ1n) is 7.28. The third kappa shape index (κ3) is 4.12. The topological polar surface area (TPSA) is 55.1 Å². The van der Waals surface area contributed by atoms with Gasteiger partial charge in [0.05, 0.1) is 0 Å². The number of nitrogens with two attached hydrogens (primary N) is 1. The molecule has 3 nitrogen and oxygen atoms in total. The van der Waals surface area contributed by atoms with E-state index < -0.39 is 0 Å². The summed E-state index contributed by atoms with van der Waals surface area (Å²) in [5, 5.41) is 4.86. The highest BCUT2D eigenvalue weighted by atomic mass is 32.2. The molecule has 1 amide bonds. The molecule has 22 heavy (non-hydrogen) atoms. The van der Waals surface area contributed by atoms with E-state index in [1.807, 2.05) is 29.8 Å². The van der Waals surface area contributed by atoms with Gasteiger partial charge < -0.3 is 11.1 Å². The molecule has 0 bridgehead atoms. The van der Waals surface area contributed by atoms with E-state index in [1.165, 1.54) is 16.9 Å². The minimum atomic E-state index is -0.192. The van der Waals surface area contributed by atoms with Gasteiger partial charge in [-0.15, -0.1) is 23.1 Å². The summed E-state index contributed by atoms with van der Waals surface area (Å²) in [6.45, 7) is 4.77. The molecule has 0 spiro atoms. The Morgan fingerprint density at radius 3 is 2.45 bits per heavy atom. The molecule has 0 radical (unpaired) electrons. The van der Waals surface area contributed by atoms with Gasteiger partial charge in [-0.25, -0.2) is 0 Å². The molecule has 1 aromatic heterocycles. The van der Waals surface area contributed by atoms with Gasteiger partial charge in [0.25, 0.3) is 5.91 Å². The average Bonchev–Trinajstić information content (AvgIpc) is 3.01. The van der Waals surface area contributed by atoms with Crippen molar-refractivity contribution in [3.05, 3.63) is 51.7 Å². The fourth-order valence-electron chi connectivity index (χ4n) is 2.15. The van der Waals surface area contributed by atoms with Gasteiger partial charge >= 0.3 is 0 Å². The van der Waals surface area contributed by atoms with E-state index in [-0.39, 0.29) is 11.9 Å². The van der Waals surface area contributed by atoms with E-state index >= 15 is 0 Å². The SMILES string of the molecule is CSc1ccsc1C(=O)NCC(N)c1ccc(C(C)C)cc1. The molecule has 5 heteroatoms. The van der Waals surface area contributed by atoms with Gasteiger partial charge in [0.2, 0.25) is 0 Å². The first kappa shape index (κ1) is 17.1. The van der Waals surface area contributed by atoms with Crippen molar-refractivity contribution in [2.24, 2.45) is 5.73 Å². The molecule has 0 aliphatic carbocycles. The predicted molar refractivity (Wildman–Crippen MR) is 95.9 cm³/mol. The Balaban J connectivity index is 1.94. The maximum absolute atomic E-state index is 12.2. The van der Waals surface area contributed by atoms with Crippen LogP contribution in [-0.2, 0) is 0 Å². The van der Waals surface area contributed by atoms with Crippen molar-refractivity contribution in [1.29, 1.82) is 0 Å². The lowest BCUT2D eigenvalue weighted by Crippen LogP contribution is -2.31. The standard InChI is InChI=1S/C17H22N2OS2/c1-11(2)12-4-6-13(7-5-12)14(18)10-19-17(20)16-15(21-3)8-9-22-16/h4-9,11,14H,10,18H2,1-3H3,(H,19,20). The summed E-state index contributed by atoms with van der Waals surface area (Å²) in [5.74, 6) is 0.461. The summed E-state index contributed by atoms with van der Waals surface area (Å²) in [6, 6.07) is 10.1. The smallest absolute Gasteiger partial charge is 0.262 e. The Bertz CT molecular complexity index is 620. The van der Waals surface area contributed by atoms with E-state index in [0.29, 0.717) is 12.5 Å². The third-order valence-corrected chi connectivity index (χ3v) is 5.39. The van der Waals surface area contributed by atoms with Crippen molar-refractivity contribution in [3.8, 4) is 0 Å². The quantitative estimate of drug-likeness (QED) is 0.784. The average molecular weight is 335 g/mol. The molecule has 1 aromatic carbocycles. The van der Waals surface area contributed by atoms with Crippen LogP contribution >= 0.6 is 23.1 Å². The van der Waals surface area contributed by atoms with Crippen molar-refractivity contribution in [1.82, 2.24) is 5.32 Å². The van der Waals surface area contributed by atoms with Crippen molar-refractivity contribution in [3.63, 3.8) is 0 Å². The van der Waals surface area contributed by atoms with Crippen LogP contribution in [0.15, 0.2) is 40.6 Å². The van der Waals surface area contributed by atoms with Crippen LogP contribution in [0.3, 0.4) is 0 Å². The Kier molecular flexibility index (Phi) is 6.06. The van der Waals surface area contributed by atoms with E-state index in [9.17, 15) is 4.79 Å². The zero-order chi connectivity index (χ0) is 16.1. The Labute approximate surface area is 140 Å². The number of nitrogens with one attached hydrogen (secondary N) is 1. The number of carbonyl (C=O) groups is 1. The van der Waals surface area contributed by atoms with Crippen molar-refractivity contribution in [2.75, 3.05) is 12.8 Å². The molecular weight excluding hydrogens is 312 g/mol. The zero-order valence-electron chi connectivity index (χ0n) is 13.1. The summed E-state index contributed by atoms with van der Waals surface area (Å²) in [7, 11) is 0. The summed E-state index contributed by atoms with van der Waals surface area (Å²) in [5.41, 5.74) is 8.51. The van der Waals surface area contributed by atoms with Crippen LogP contribution < -0.4 is 11.1 Å². The second-order valence-corrected chi connectivity index (χ2v) is 7.22. The minimum Gasteiger partial charge on any atom is -0.349 e. The molecule has 3 N–H and O–H groups in total. The number of rotatable bonds is 6. The second-order valence-electron chi connectivity index (χ2n) is 5.46. The minimum absolute atomic E-state index is 0.0476. The summed E-state index contributed by atoms with van der Waals surface area (Å²) in [4.78, 5) is 14.0. The number of thioether (sulfide) groups is 1. The maximum Gasteiger partial charge on any atom is 0.262 e. The molecule has 1 heterocycles. The second kappa shape index (κ2) is 7.81. The fourth-order valence-corrected chi connectivity index (χ4v) is 3.82. The van der Waals surface area contributed by atoms with Gasteiger partial charge in [0.15, 0.2) is 0 Å². The molecule has 0 aliphatic heterocycles. The van der Waals surface area contributed by atoms with Crippen LogP contribution in [0.2, 0.25) is 0 Å². The summed E-state index contributed by atoms with van der Waals surface area (Å²) >= 11 is 3.04. The normalized spacial score (nSPS) is 12.4. The number of thiophene rings is 1. The van der Waals surface area contributed by atoms with E-state index in [0.717, 1.165) is 15.3 Å². The lowest BCUT2D eigenvalue weighted by atomic mass is 9.99. The van der Waals surface area contributed by atoms with E-state index in [2.05, 4.69) is 31.3 Å². The van der Waals surface area contributed by atoms with Crippen LogP contribution in [0.1, 0.15) is 46.6 Å². The van der Waals surface area contributed by atoms with Gasteiger partial charge in [-0.2, -0.15) is 0 Å². The molecule has 1 atom stereocenters. The lowest BCUT2D eigenvalue weighted by molar-refractivity contribution is 0.0952. The molecule has 2 rings (SSSR count). The van der Waals surface area contributed by atoms with Gasteiger partial charge in [0, 0.05) is 17.5 Å². The highest BCUT2D eigenvalue weighted by Crippen LogP contribution is 2.25. The van der Waals surface area contributed by atoms with E-state index in [4.69, 9.17) is 5.73 Å². The molecule has 0 saturated heterocycles. The van der Waals surface area contributed by atoms with Crippen LogP contribution in [-0.4, -0.2) is 18.7 Å². The maximum atomic E-state index is 12.2. The van der Waals surface area contributed by atoms with Crippen LogP contribution in [0.5, 0.6) is 0 Å². The molecule has 118 valence electrons. The van der Waals surface area contributed by atoms with Crippen LogP contribution in [0.4, 0.5) is 0 Å².